The van der Waals surface area contributed by atoms with Crippen LogP contribution in [0.25, 0.3) is 0 Å². The van der Waals surface area contributed by atoms with Crippen LogP contribution in [0.1, 0.15) is 52.0 Å². The Morgan fingerprint density at radius 3 is 2.60 bits per heavy atom. The normalized spacial score (nSPS) is 25.8. The van der Waals surface area contributed by atoms with E-state index in [-0.39, 0.29) is 0 Å². The van der Waals surface area contributed by atoms with Gasteiger partial charge in [0.15, 0.2) is 5.60 Å². The van der Waals surface area contributed by atoms with Crippen molar-refractivity contribution in [2.45, 2.75) is 58.1 Å². The van der Waals surface area contributed by atoms with Gasteiger partial charge in [0.2, 0.25) is 0 Å². The van der Waals surface area contributed by atoms with Gasteiger partial charge < -0.3 is 14.3 Å². The van der Waals surface area contributed by atoms with E-state index in [0.29, 0.717) is 30.6 Å². The molecule has 0 bridgehead atoms. The third-order valence-electron chi connectivity index (χ3n) is 5.86. The van der Waals surface area contributed by atoms with Crippen molar-refractivity contribution in [3.8, 4) is 0 Å². The Morgan fingerprint density at radius 1 is 1.36 bits per heavy atom. The van der Waals surface area contributed by atoms with Crippen LogP contribution in [0.5, 0.6) is 0 Å². The van der Waals surface area contributed by atoms with Crippen LogP contribution < -0.4 is 0 Å². The molecule has 25 heavy (non-hydrogen) atoms. The van der Waals surface area contributed by atoms with Crippen molar-refractivity contribution in [3.63, 3.8) is 0 Å². The molecule has 0 radical (unpaired) electrons. The Labute approximate surface area is 152 Å². The summed E-state index contributed by atoms with van der Waals surface area (Å²) in [5.74, 6) is -0.101. The molecule has 1 saturated heterocycles. The SMILES string of the molecule is CC(C)CCC(O)(C(=O)OCC[N+]1(C)CCCC1C)c1ccccc1. The summed E-state index contributed by atoms with van der Waals surface area (Å²) in [6.07, 6.45) is 3.61. The molecular formula is C21H34NO3+. The fourth-order valence-corrected chi connectivity index (χ4v) is 3.65. The van der Waals surface area contributed by atoms with Gasteiger partial charge >= 0.3 is 5.97 Å². The van der Waals surface area contributed by atoms with E-state index in [0.717, 1.165) is 24.0 Å². The zero-order chi connectivity index (χ0) is 18.5. The molecule has 0 amide bonds. The lowest BCUT2D eigenvalue weighted by atomic mass is 9.87. The maximum absolute atomic E-state index is 12.8. The number of hydrogen-bond acceptors (Lipinski definition) is 3. The molecule has 3 unspecified atom stereocenters. The molecule has 0 aliphatic carbocycles. The number of quaternary nitrogens is 1. The summed E-state index contributed by atoms with van der Waals surface area (Å²) >= 11 is 0. The summed E-state index contributed by atoms with van der Waals surface area (Å²) in [5.41, 5.74) is -0.934. The van der Waals surface area contributed by atoms with Crippen molar-refractivity contribution in [1.29, 1.82) is 0 Å². The zero-order valence-corrected chi connectivity index (χ0v) is 16.2. The summed E-state index contributed by atoms with van der Waals surface area (Å²) in [5, 5.41) is 11.1. The van der Waals surface area contributed by atoms with E-state index in [4.69, 9.17) is 4.74 Å². The number of benzene rings is 1. The second-order valence-electron chi connectivity index (χ2n) is 8.21. The van der Waals surface area contributed by atoms with Gasteiger partial charge in [0, 0.05) is 12.8 Å². The minimum Gasteiger partial charge on any atom is -0.457 e. The first-order chi connectivity index (χ1) is 11.8. The molecule has 0 aromatic heterocycles. The zero-order valence-electron chi connectivity index (χ0n) is 16.2. The van der Waals surface area contributed by atoms with Gasteiger partial charge in [-0.15, -0.1) is 0 Å². The van der Waals surface area contributed by atoms with Crippen LogP contribution in [0.15, 0.2) is 30.3 Å². The molecule has 2 rings (SSSR count). The average Bonchev–Trinajstić information content (AvgIpc) is 2.92. The van der Waals surface area contributed by atoms with E-state index >= 15 is 0 Å². The van der Waals surface area contributed by atoms with Crippen LogP contribution in [0.2, 0.25) is 0 Å². The molecule has 140 valence electrons. The molecule has 1 N–H and O–H groups in total. The number of hydrogen-bond donors (Lipinski definition) is 1. The Morgan fingerprint density at radius 2 is 2.04 bits per heavy atom. The lowest BCUT2D eigenvalue weighted by molar-refractivity contribution is -0.919. The van der Waals surface area contributed by atoms with Gasteiger partial charge in [-0.2, -0.15) is 0 Å². The Hall–Kier alpha value is -1.39. The van der Waals surface area contributed by atoms with E-state index in [1.807, 2.05) is 18.2 Å². The Balaban J connectivity index is 2.02. The predicted octanol–water partition coefficient (Wildman–Crippen LogP) is 3.48. The molecule has 0 spiro atoms. The van der Waals surface area contributed by atoms with Crippen molar-refractivity contribution in [2.24, 2.45) is 5.92 Å². The van der Waals surface area contributed by atoms with Gasteiger partial charge in [-0.1, -0.05) is 44.2 Å². The van der Waals surface area contributed by atoms with Crippen molar-refractivity contribution in [2.75, 3.05) is 26.7 Å². The summed E-state index contributed by atoms with van der Waals surface area (Å²) in [6.45, 7) is 8.75. The second kappa shape index (κ2) is 8.33. The smallest absolute Gasteiger partial charge is 0.343 e. The van der Waals surface area contributed by atoms with Crippen LogP contribution in [0.4, 0.5) is 0 Å². The number of aliphatic hydroxyl groups is 1. The largest absolute Gasteiger partial charge is 0.457 e. The van der Waals surface area contributed by atoms with Crippen LogP contribution in [0.3, 0.4) is 0 Å². The fourth-order valence-electron chi connectivity index (χ4n) is 3.65. The lowest BCUT2D eigenvalue weighted by Crippen LogP contribution is -2.49. The van der Waals surface area contributed by atoms with E-state index in [2.05, 4.69) is 27.8 Å². The van der Waals surface area contributed by atoms with E-state index < -0.39 is 11.6 Å². The van der Waals surface area contributed by atoms with Gasteiger partial charge in [0.1, 0.15) is 13.2 Å². The topological polar surface area (TPSA) is 46.5 Å². The predicted molar refractivity (Wildman–Crippen MR) is 100.0 cm³/mol. The van der Waals surface area contributed by atoms with Crippen molar-refractivity contribution in [1.82, 2.24) is 0 Å². The lowest BCUT2D eigenvalue weighted by Gasteiger charge is -2.34. The van der Waals surface area contributed by atoms with E-state index in [1.165, 1.54) is 12.8 Å². The molecule has 1 fully saturated rings. The molecule has 3 atom stereocenters. The highest BCUT2D eigenvalue weighted by Gasteiger charge is 2.40. The maximum atomic E-state index is 12.8. The quantitative estimate of drug-likeness (QED) is 0.578. The van der Waals surface area contributed by atoms with Crippen molar-refractivity contribution >= 4 is 5.97 Å². The standard InChI is InChI=1S/C21H34NO3/c1-17(2)12-13-21(24,19-10-6-5-7-11-19)20(23)25-16-15-22(4)14-8-9-18(22)3/h5-7,10-11,17-18,24H,8-9,12-16H2,1-4H3/q+1. The first-order valence-corrected chi connectivity index (χ1v) is 9.57. The van der Waals surface area contributed by atoms with Gasteiger partial charge in [0.05, 0.1) is 19.6 Å². The maximum Gasteiger partial charge on any atom is 0.343 e. The van der Waals surface area contributed by atoms with Crippen LogP contribution in [-0.2, 0) is 15.1 Å². The minimum atomic E-state index is -1.55. The fraction of sp³-hybridized carbons (Fsp3) is 0.667. The number of likely N-dealkylation sites (N-methyl/N-ethyl adjacent to an activating group) is 1. The molecular weight excluding hydrogens is 314 g/mol. The monoisotopic (exact) mass is 348 g/mol. The highest BCUT2D eigenvalue weighted by molar-refractivity contribution is 5.81. The third kappa shape index (κ3) is 4.83. The van der Waals surface area contributed by atoms with Crippen molar-refractivity contribution in [3.05, 3.63) is 35.9 Å². The number of carbonyl (C=O) groups is 1. The molecule has 1 aromatic carbocycles. The van der Waals surface area contributed by atoms with Crippen molar-refractivity contribution < 1.29 is 19.1 Å². The molecule has 1 aromatic rings. The first-order valence-electron chi connectivity index (χ1n) is 9.57. The van der Waals surface area contributed by atoms with Crippen LogP contribution >= 0.6 is 0 Å². The van der Waals surface area contributed by atoms with Crippen LogP contribution in [0, 0.1) is 5.92 Å². The summed E-state index contributed by atoms with van der Waals surface area (Å²) in [4.78, 5) is 12.8. The molecule has 1 aliphatic heterocycles. The molecule has 4 heteroatoms. The number of rotatable bonds is 8. The summed E-state index contributed by atoms with van der Waals surface area (Å²) < 4.78 is 6.51. The van der Waals surface area contributed by atoms with Gasteiger partial charge in [-0.3, -0.25) is 0 Å². The highest BCUT2D eigenvalue weighted by atomic mass is 16.5. The number of carbonyl (C=O) groups excluding carboxylic acids is 1. The Bertz CT molecular complexity index is 560. The van der Waals surface area contributed by atoms with Crippen LogP contribution in [-0.4, -0.2) is 48.3 Å². The second-order valence-corrected chi connectivity index (χ2v) is 8.21. The molecule has 0 saturated carbocycles. The highest BCUT2D eigenvalue weighted by Crippen LogP contribution is 2.30. The van der Waals surface area contributed by atoms with E-state index in [9.17, 15) is 9.90 Å². The number of likely N-dealkylation sites (tertiary alicyclic amines) is 1. The van der Waals surface area contributed by atoms with Gasteiger partial charge in [0.25, 0.3) is 0 Å². The molecule has 4 nitrogen and oxygen atoms in total. The van der Waals surface area contributed by atoms with Gasteiger partial charge in [-0.25, -0.2) is 4.79 Å². The first kappa shape index (κ1) is 19.9. The molecule has 1 heterocycles. The average molecular weight is 349 g/mol. The van der Waals surface area contributed by atoms with Gasteiger partial charge in [-0.05, 0) is 31.2 Å². The van der Waals surface area contributed by atoms with E-state index in [1.54, 1.807) is 12.1 Å². The number of nitrogens with zero attached hydrogens (tertiary/aromatic N) is 1. The Kier molecular flexibility index (Phi) is 6.64. The number of ether oxygens (including phenoxy) is 1. The summed E-state index contributed by atoms with van der Waals surface area (Å²) in [7, 11) is 2.23. The summed E-state index contributed by atoms with van der Waals surface area (Å²) in [6, 6.07) is 9.79. The minimum absolute atomic E-state index is 0.358. The molecule has 1 aliphatic rings. The number of esters is 1. The third-order valence-corrected chi connectivity index (χ3v) is 5.86.